The zero-order valence-corrected chi connectivity index (χ0v) is 18.9. The second-order valence-corrected chi connectivity index (χ2v) is 10.9. The normalized spacial score (nSPS) is 48.5. The van der Waals surface area contributed by atoms with Crippen LogP contribution < -0.4 is 0 Å². The van der Waals surface area contributed by atoms with Crippen molar-refractivity contribution < 1.29 is 23.8 Å². The van der Waals surface area contributed by atoms with Gasteiger partial charge in [-0.15, -0.1) is 0 Å². The molecule has 30 heavy (non-hydrogen) atoms. The van der Waals surface area contributed by atoms with Crippen LogP contribution in [0.4, 0.5) is 0 Å². The summed E-state index contributed by atoms with van der Waals surface area (Å²) >= 11 is 0. The minimum atomic E-state index is -0.543. The van der Waals surface area contributed by atoms with Gasteiger partial charge in [-0.3, -0.25) is 9.59 Å². The number of carbonyl (C=O) groups is 2. The van der Waals surface area contributed by atoms with Gasteiger partial charge in [0.25, 0.3) is 0 Å². The van der Waals surface area contributed by atoms with E-state index in [1.165, 1.54) is 18.9 Å². The number of hydrogen-bond acceptors (Lipinski definition) is 5. The van der Waals surface area contributed by atoms with Crippen LogP contribution in [0, 0.1) is 28.6 Å². The van der Waals surface area contributed by atoms with Crippen LogP contribution in [0.3, 0.4) is 0 Å². The largest absolute Gasteiger partial charge is 0.462 e. The summed E-state index contributed by atoms with van der Waals surface area (Å²) in [5, 5.41) is 0. The van der Waals surface area contributed by atoms with E-state index in [0.717, 1.165) is 38.5 Å². The van der Waals surface area contributed by atoms with Crippen LogP contribution in [-0.2, 0) is 23.8 Å². The molecule has 0 radical (unpaired) electrons. The number of methoxy groups -OCH3 is 1. The molecule has 0 N–H and O–H groups in total. The van der Waals surface area contributed by atoms with Crippen molar-refractivity contribution in [2.75, 3.05) is 13.7 Å². The third kappa shape index (κ3) is 2.67. The van der Waals surface area contributed by atoms with Gasteiger partial charge in [-0.05, 0) is 61.7 Å². The molecule has 0 amide bonds. The molecule has 0 unspecified atom stereocenters. The molecule has 5 aliphatic rings. The highest BCUT2D eigenvalue weighted by atomic mass is 16.6. The van der Waals surface area contributed by atoms with E-state index in [9.17, 15) is 9.59 Å². The first kappa shape index (κ1) is 20.7. The highest BCUT2D eigenvalue weighted by Crippen LogP contribution is 2.73. The van der Waals surface area contributed by atoms with Crippen LogP contribution in [-0.4, -0.2) is 43.3 Å². The summed E-state index contributed by atoms with van der Waals surface area (Å²) in [7, 11) is 1.66. The van der Waals surface area contributed by atoms with Crippen molar-refractivity contribution in [3.63, 3.8) is 0 Å². The Morgan fingerprint density at radius 2 is 2.00 bits per heavy atom. The molecule has 8 atom stereocenters. The standard InChI is InChI=1S/C25H36O5/c1-15(26)29-17-7-10-23(2)16(13-17)5-6-18-19(23)8-11-24(3)20(18)14-22-25(24,30-22)21(27)9-12-28-4/h5,17-20,22H,6-14H2,1-4H3/t17-,18-,19+,20+,22-,23+,24+,25+/m1/s1. The van der Waals surface area contributed by atoms with Gasteiger partial charge in [0.15, 0.2) is 11.4 Å². The van der Waals surface area contributed by atoms with Crippen LogP contribution in [0.25, 0.3) is 0 Å². The summed E-state index contributed by atoms with van der Waals surface area (Å²) in [5.74, 6) is 1.95. The molecule has 3 saturated carbocycles. The number of epoxide rings is 1. The number of hydrogen-bond donors (Lipinski definition) is 0. The van der Waals surface area contributed by atoms with Crippen molar-refractivity contribution in [3.8, 4) is 0 Å². The number of allylic oxidation sites excluding steroid dienone is 1. The lowest BCUT2D eigenvalue weighted by atomic mass is 9.47. The van der Waals surface area contributed by atoms with E-state index in [0.29, 0.717) is 30.8 Å². The first-order chi connectivity index (χ1) is 14.3. The first-order valence-electron chi connectivity index (χ1n) is 11.8. The van der Waals surface area contributed by atoms with Gasteiger partial charge in [0.1, 0.15) is 6.10 Å². The quantitative estimate of drug-likeness (QED) is 0.381. The summed E-state index contributed by atoms with van der Waals surface area (Å²) in [6, 6.07) is 0. The summed E-state index contributed by atoms with van der Waals surface area (Å²) in [6.45, 7) is 6.79. The summed E-state index contributed by atoms with van der Waals surface area (Å²) in [4.78, 5) is 24.6. The fraction of sp³-hybridized carbons (Fsp3) is 0.840. The maximum absolute atomic E-state index is 13.1. The van der Waals surface area contributed by atoms with Crippen molar-refractivity contribution in [1.82, 2.24) is 0 Å². The molecule has 5 rings (SSSR count). The monoisotopic (exact) mass is 416 g/mol. The number of esters is 1. The van der Waals surface area contributed by atoms with Crippen molar-refractivity contribution in [1.29, 1.82) is 0 Å². The maximum Gasteiger partial charge on any atom is 0.302 e. The summed E-state index contributed by atoms with van der Waals surface area (Å²) < 4.78 is 16.9. The molecule has 0 bridgehead atoms. The summed E-state index contributed by atoms with van der Waals surface area (Å²) in [5.41, 5.74) is 1.14. The van der Waals surface area contributed by atoms with Gasteiger partial charge in [0.2, 0.25) is 0 Å². The molecule has 0 aromatic heterocycles. The second-order valence-electron chi connectivity index (χ2n) is 10.9. The van der Waals surface area contributed by atoms with Crippen LogP contribution in [0.5, 0.6) is 0 Å². The Bertz CT molecular complexity index is 788. The van der Waals surface area contributed by atoms with Gasteiger partial charge in [-0.1, -0.05) is 25.5 Å². The molecule has 1 aliphatic heterocycles. The van der Waals surface area contributed by atoms with Crippen molar-refractivity contribution in [3.05, 3.63) is 11.6 Å². The second kappa shape index (κ2) is 6.90. The molecule has 0 aromatic carbocycles. The number of ketones is 1. The Morgan fingerprint density at radius 1 is 1.20 bits per heavy atom. The van der Waals surface area contributed by atoms with Crippen LogP contribution in [0.1, 0.15) is 72.1 Å². The Labute approximate surface area is 179 Å². The van der Waals surface area contributed by atoms with Gasteiger partial charge in [-0.25, -0.2) is 0 Å². The average molecular weight is 417 g/mol. The minimum absolute atomic E-state index is 0.0414. The average Bonchev–Trinajstić information content (AvgIpc) is 3.38. The van der Waals surface area contributed by atoms with Crippen molar-refractivity contribution >= 4 is 11.8 Å². The lowest BCUT2D eigenvalue weighted by Crippen LogP contribution is -2.54. The van der Waals surface area contributed by atoms with E-state index in [1.807, 2.05) is 0 Å². The summed E-state index contributed by atoms with van der Waals surface area (Å²) in [6.07, 6.45) is 10.4. The number of carbonyl (C=O) groups excluding carboxylic acids is 2. The first-order valence-corrected chi connectivity index (χ1v) is 11.8. The molecular weight excluding hydrogens is 380 g/mol. The molecule has 1 heterocycles. The predicted molar refractivity (Wildman–Crippen MR) is 112 cm³/mol. The highest BCUT2D eigenvalue weighted by Gasteiger charge is 2.79. The number of rotatable bonds is 5. The smallest absolute Gasteiger partial charge is 0.302 e. The molecular formula is C25H36O5. The van der Waals surface area contributed by atoms with E-state index < -0.39 is 5.60 Å². The number of ether oxygens (including phenoxy) is 3. The zero-order chi connectivity index (χ0) is 21.3. The molecule has 1 saturated heterocycles. The van der Waals surface area contributed by atoms with E-state index in [-0.39, 0.29) is 34.8 Å². The molecule has 4 fully saturated rings. The Hall–Kier alpha value is -1.20. The fourth-order valence-corrected chi connectivity index (χ4v) is 8.26. The van der Waals surface area contributed by atoms with Crippen molar-refractivity contribution in [2.24, 2.45) is 28.6 Å². The Kier molecular flexibility index (Phi) is 4.76. The van der Waals surface area contributed by atoms with Crippen LogP contribution in [0.2, 0.25) is 0 Å². The molecule has 0 aromatic rings. The lowest BCUT2D eigenvalue weighted by Gasteiger charge is -2.58. The third-order valence-corrected chi connectivity index (χ3v) is 9.77. The molecule has 166 valence electrons. The van der Waals surface area contributed by atoms with Crippen molar-refractivity contribution in [2.45, 2.75) is 89.9 Å². The van der Waals surface area contributed by atoms with E-state index >= 15 is 0 Å². The van der Waals surface area contributed by atoms with Gasteiger partial charge >= 0.3 is 5.97 Å². The van der Waals surface area contributed by atoms with Crippen LogP contribution >= 0.6 is 0 Å². The van der Waals surface area contributed by atoms with Gasteiger partial charge in [-0.2, -0.15) is 0 Å². The van der Waals surface area contributed by atoms with Crippen LogP contribution in [0.15, 0.2) is 11.6 Å². The Balaban J connectivity index is 1.38. The Morgan fingerprint density at radius 3 is 2.73 bits per heavy atom. The fourth-order valence-electron chi connectivity index (χ4n) is 8.26. The van der Waals surface area contributed by atoms with E-state index in [4.69, 9.17) is 14.2 Å². The highest BCUT2D eigenvalue weighted by molar-refractivity contribution is 5.92. The maximum atomic E-state index is 13.1. The number of Topliss-reactive ketones (excluding diaryl/α,β-unsaturated/α-hetero) is 1. The van der Waals surface area contributed by atoms with Gasteiger partial charge < -0.3 is 14.2 Å². The molecule has 5 nitrogen and oxygen atoms in total. The molecule has 4 aliphatic carbocycles. The lowest BCUT2D eigenvalue weighted by molar-refractivity contribution is -0.149. The van der Waals surface area contributed by atoms with Gasteiger partial charge in [0, 0.05) is 32.3 Å². The van der Waals surface area contributed by atoms with E-state index in [1.54, 1.807) is 7.11 Å². The zero-order valence-electron chi connectivity index (χ0n) is 18.9. The SMILES string of the molecule is COCCC(=O)[C@]12O[C@@H]1C[C@H]1[C@@H]3CC=C4C[C@H](OC(C)=O)CC[C@]4(C)[C@H]3CC[C@@]12C. The minimum Gasteiger partial charge on any atom is -0.462 e. The molecule has 0 spiro atoms. The van der Waals surface area contributed by atoms with Gasteiger partial charge in [0.05, 0.1) is 12.7 Å². The number of fused-ring (bicyclic) bond motifs is 7. The topological polar surface area (TPSA) is 65.1 Å². The molecule has 5 heteroatoms. The predicted octanol–water partition coefficient (Wildman–Crippen LogP) is 4.23. The third-order valence-electron chi connectivity index (χ3n) is 9.77. The van der Waals surface area contributed by atoms with E-state index in [2.05, 4.69) is 19.9 Å².